The topological polar surface area (TPSA) is 99.9 Å². The van der Waals surface area contributed by atoms with E-state index in [4.69, 9.17) is 5.73 Å². The number of unbranched alkanes of at least 4 members (excludes halogenated alkanes) is 1. The first-order chi connectivity index (χ1) is 11.5. The fourth-order valence-corrected chi connectivity index (χ4v) is 2.33. The number of aryl methyl sites for hydroxylation is 1. The van der Waals surface area contributed by atoms with Crippen LogP contribution in [0, 0.1) is 6.92 Å². The van der Waals surface area contributed by atoms with Crippen LogP contribution in [-0.4, -0.2) is 52.7 Å². The van der Waals surface area contributed by atoms with E-state index in [9.17, 15) is 4.79 Å². The van der Waals surface area contributed by atoms with Crippen LogP contribution >= 0.6 is 0 Å². The number of hydrogen-bond acceptors (Lipinski definition) is 5. The van der Waals surface area contributed by atoms with Crippen molar-refractivity contribution in [3.8, 4) is 11.4 Å². The Hall–Kier alpha value is -2.25. The second-order valence-corrected chi connectivity index (χ2v) is 6.22. The van der Waals surface area contributed by atoms with Crippen LogP contribution in [0.1, 0.15) is 25.1 Å². The van der Waals surface area contributed by atoms with Crippen LogP contribution in [0.5, 0.6) is 0 Å². The number of anilines is 1. The molecule has 24 heavy (non-hydrogen) atoms. The molecule has 0 bridgehead atoms. The Kier molecular flexibility index (Phi) is 6.45. The van der Waals surface area contributed by atoms with Gasteiger partial charge >= 0.3 is 0 Å². The van der Waals surface area contributed by atoms with Crippen LogP contribution in [0.25, 0.3) is 11.4 Å². The lowest BCUT2D eigenvalue weighted by molar-refractivity contribution is -0.117. The monoisotopic (exact) mass is 330 g/mol. The molecule has 1 heterocycles. The van der Waals surface area contributed by atoms with Crippen LogP contribution in [0.2, 0.25) is 0 Å². The maximum atomic E-state index is 12.1. The Morgan fingerprint density at radius 2 is 2.00 bits per heavy atom. The molecule has 1 amide bonds. The molecule has 2 rings (SSSR count). The highest BCUT2D eigenvalue weighted by atomic mass is 16.2. The SMILES string of the molecule is Cc1nc(-c2ccc(NC(=O)[C@@H](N)CCCCN(C)C)cc2)n[nH]1. The third-order valence-corrected chi connectivity index (χ3v) is 3.72. The van der Waals surface area contributed by atoms with Gasteiger partial charge in [0.15, 0.2) is 5.82 Å². The van der Waals surface area contributed by atoms with Crippen molar-refractivity contribution < 1.29 is 4.79 Å². The quantitative estimate of drug-likeness (QED) is 0.641. The summed E-state index contributed by atoms with van der Waals surface area (Å²) >= 11 is 0. The fraction of sp³-hybridized carbons (Fsp3) is 0.471. The number of aromatic amines is 1. The minimum atomic E-state index is -0.484. The molecule has 1 aromatic heterocycles. The van der Waals surface area contributed by atoms with Crippen molar-refractivity contribution in [1.82, 2.24) is 20.1 Å². The zero-order valence-corrected chi connectivity index (χ0v) is 14.5. The Morgan fingerprint density at radius 3 is 2.58 bits per heavy atom. The van der Waals surface area contributed by atoms with E-state index in [2.05, 4.69) is 25.4 Å². The highest BCUT2D eigenvalue weighted by Gasteiger charge is 2.13. The van der Waals surface area contributed by atoms with E-state index in [1.54, 1.807) is 0 Å². The molecule has 4 N–H and O–H groups in total. The molecule has 0 aliphatic carbocycles. The summed E-state index contributed by atoms with van der Waals surface area (Å²) in [5, 5.41) is 9.77. The molecule has 2 aromatic rings. The number of nitrogens with two attached hydrogens (primary N) is 1. The third kappa shape index (κ3) is 5.43. The molecule has 7 heteroatoms. The highest BCUT2D eigenvalue weighted by molar-refractivity contribution is 5.94. The van der Waals surface area contributed by atoms with E-state index in [1.807, 2.05) is 45.3 Å². The van der Waals surface area contributed by atoms with Crippen molar-refractivity contribution in [2.45, 2.75) is 32.2 Å². The van der Waals surface area contributed by atoms with Crippen molar-refractivity contribution in [3.63, 3.8) is 0 Å². The number of carbonyl (C=O) groups excluding carboxylic acids is 1. The van der Waals surface area contributed by atoms with Crippen molar-refractivity contribution >= 4 is 11.6 Å². The van der Waals surface area contributed by atoms with E-state index in [0.29, 0.717) is 12.2 Å². The smallest absolute Gasteiger partial charge is 0.241 e. The number of nitrogens with one attached hydrogen (secondary N) is 2. The minimum absolute atomic E-state index is 0.152. The van der Waals surface area contributed by atoms with Gasteiger partial charge in [-0.05, 0) is 64.7 Å². The summed E-state index contributed by atoms with van der Waals surface area (Å²) in [6, 6.07) is 6.93. The zero-order valence-electron chi connectivity index (χ0n) is 14.5. The van der Waals surface area contributed by atoms with Gasteiger partial charge in [-0.15, -0.1) is 0 Å². The number of rotatable bonds is 8. The van der Waals surface area contributed by atoms with Crippen molar-refractivity contribution in [2.24, 2.45) is 5.73 Å². The van der Waals surface area contributed by atoms with E-state index in [1.165, 1.54) is 0 Å². The van der Waals surface area contributed by atoms with Gasteiger partial charge < -0.3 is 16.0 Å². The summed E-state index contributed by atoms with van der Waals surface area (Å²) in [4.78, 5) is 18.5. The summed E-state index contributed by atoms with van der Waals surface area (Å²) in [5.74, 6) is 1.26. The molecule has 0 saturated carbocycles. The number of hydrogen-bond donors (Lipinski definition) is 3. The maximum absolute atomic E-state index is 12.1. The number of aromatic nitrogens is 3. The average Bonchev–Trinajstić information content (AvgIpc) is 2.98. The van der Waals surface area contributed by atoms with Gasteiger partial charge in [0.05, 0.1) is 6.04 Å². The van der Waals surface area contributed by atoms with E-state index >= 15 is 0 Å². The van der Waals surface area contributed by atoms with Gasteiger partial charge in [0, 0.05) is 11.3 Å². The van der Waals surface area contributed by atoms with E-state index in [-0.39, 0.29) is 5.91 Å². The van der Waals surface area contributed by atoms with Gasteiger partial charge in [-0.25, -0.2) is 4.98 Å². The largest absolute Gasteiger partial charge is 0.325 e. The number of nitrogens with zero attached hydrogens (tertiary/aromatic N) is 3. The van der Waals surface area contributed by atoms with Gasteiger partial charge in [0.1, 0.15) is 5.82 Å². The summed E-state index contributed by atoms with van der Waals surface area (Å²) in [6.07, 6.45) is 2.67. The van der Waals surface area contributed by atoms with Crippen LogP contribution in [-0.2, 0) is 4.79 Å². The second-order valence-electron chi connectivity index (χ2n) is 6.22. The van der Waals surface area contributed by atoms with Crippen LogP contribution < -0.4 is 11.1 Å². The molecule has 0 fully saturated rings. The van der Waals surface area contributed by atoms with Crippen LogP contribution in [0.15, 0.2) is 24.3 Å². The predicted molar refractivity (Wildman–Crippen MR) is 95.6 cm³/mol. The van der Waals surface area contributed by atoms with Gasteiger partial charge in [-0.2, -0.15) is 5.10 Å². The molecule has 0 spiro atoms. The molecule has 1 aromatic carbocycles. The van der Waals surface area contributed by atoms with Crippen LogP contribution in [0.4, 0.5) is 5.69 Å². The molecule has 7 nitrogen and oxygen atoms in total. The Balaban J connectivity index is 1.83. The molecular formula is C17H26N6O. The van der Waals surface area contributed by atoms with Gasteiger partial charge in [-0.3, -0.25) is 9.89 Å². The third-order valence-electron chi connectivity index (χ3n) is 3.72. The average molecular weight is 330 g/mol. The number of carbonyl (C=O) groups is 1. The normalized spacial score (nSPS) is 12.4. The van der Waals surface area contributed by atoms with Gasteiger partial charge in [0.2, 0.25) is 5.91 Å². The molecule has 1 atom stereocenters. The lowest BCUT2D eigenvalue weighted by Gasteiger charge is -2.13. The summed E-state index contributed by atoms with van der Waals surface area (Å²) in [6.45, 7) is 2.86. The summed E-state index contributed by atoms with van der Waals surface area (Å²) < 4.78 is 0. The molecular weight excluding hydrogens is 304 g/mol. The van der Waals surface area contributed by atoms with Crippen molar-refractivity contribution in [2.75, 3.05) is 26.0 Å². The molecule has 0 aliphatic rings. The molecule has 0 saturated heterocycles. The zero-order chi connectivity index (χ0) is 17.5. The molecule has 130 valence electrons. The van der Waals surface area contributed by atoms with Crippen molar-refractivity contribution in [1.29, 1.82) is 0 Å². The number of benzene rings is 1. The lowest BCUT2D eigenvalue weighted by atomic mass is 10.1. The van der Waals surface area contributed by atoms with Crippen molar-refractivity contribution in [3.05, 3.63) is 30.1 Å². The second kappa shape index (κ2) is 8.56. The molecule has 0 unspecified atom stereocenters. The highest BCUT2D eigenvalue weighted by Crippen LogP contribution is 2.18. The first-order valence-corrected chi connectivity index (χ1v) is 8.16. The van der Waals surface area contributed by atoms with Gasteiger partial charge in [-0.1, -0.05) is 6.42 Å². The lowest BCUT2D eigenvalue weighted by Crippen LogP contribution is -2.35. The van der Waals surface area contributed by atoms with Crippen LogP contribution in [0.3, 0.4) is 0 Å². The number of amides is 1. The summed E-state index contributed by atoms with van der Waals surface area (Å²) in [7, 11) is 4.08. The first kappa shape index (κ1) is 18.1. The molecule has 0 aliphatic heterocycles. The maximum Gasteiger partial charge on any atom is 0.241 e. The summed E-state index contributed by atoms with van der Waals surface area (Å²) in [5.41, 5.74) is 7.57. The van der Waals surface area contributed by atoms with E-state index < -0.39 is 6.04 Å². The number of H-pyrrole nitrogens is 1. The van der Waals surface area contributed by atoms with E-state index in [0.717, 1.165) is 36.5 Å². The molecule has 0 radical (unpaired) electrons. The Morgan fingerprint density at radius 1 is 1.29 bits per heavy atom. The predicted octanol–water partition coefficient (Wildman–Crippen LogP) is 1.78. The van der Waals surface area contributed by atoms with Gasteiger partial charge in [0.25, 0.3) is 0 Å². The minimum Gasteiger partial charge on any atom is -0.325 e. The Bertz CT molecular complexity index is 649. The Labute approximate surface area is 142 Å². The standard InChI is InChI=1S/C17H26N6O/c1-12-19-16(22-21-12)13-7-9-14(10-8-13)20-17(24)15(18)6-4-5-11-23(2)3/h7-10,15H,4-6,11,18H2,1-3H3,(H,20,24)(H,19,21,22)/t15-/m0/s1. The fourth-order valence-electron chi connectivity index (χ4n) is 2.33. The first-order valence-electron chi connectivity index (χ1n) is 8.16.